The summed E-state index contributed by atoms with van der Waals surface area (Å²) in [4.78, 5) is 39.7. The largest absolute Gasteiger partial charge is 0.344 e. The second kappa shape index (κ2) is 8.38. The Morgan fingerprint density at radius 1 is 1.25 bits per heavy atom. The average molecular weight is 454 g/mol. The van der Waals surface area contributed by atoms with Gasteiger partial charge in [0.25, 0.3) is 11.8 Å². The Morgan fingerprint density at radius 2 is 1.97 bits per heavy atom. The molecule has 0 radical (unpaired) electrons. The molecule has 0 spiro atoms. The van der Waals surface area contributed by atoms with Crippen LogP contribution in [0.3, 0.4) is 0 Å². The van der Waals surface area contributed by atoms with Crippen LogP contribution in [0.25, 0.3) is 10.2 Å². The van der Waals surface area contributed by atoms with Gasteiger partial charge in [0.15, 0.2) is 0 Å². The van der Waals surface area contributed by atoms with E-state index < -0.39 is 23.4 Å². The van der Waals surface area contributed by atoms with Crippen LogP contribution in [0.15, 0.2) is 36.4 Å². The Morgan fingerprint density at radius 3 is 2.66 bits per heavy atom. The number of benzene rings is 1. The van der Waals surface area contributed by atoms with Crippen molar-refractivity contribution in [3.05, 3.63) is 52.5 Å². The van der Waals surface area contributed by atoms with Crippen LogP contribution in [0, 0.1) is 12.8 Å². The van der Waals surface area contributed by atoms with Crippen molar-refractivity contribution in [3.63, 3.8) is 0 Å². The zero-order valence-electron chi connectivity index (χ0n) is 18.6. The Labute approximate surface area is 190 Å². The lowest BCUT2D eigenvalue weighted by molar-refractivity contribution is -0.132. The van der Waals surface area contributed by atoms with Crippen LogP contribution in [-0.2, 0) is 17.8 Å². The number of hydrogen-bond donors (Lipinski definition) is 2. The molecule has 1 aliphatic heterocycles. The molecule has 1 aromatic carbocycles. The summed E-state index contributed by atoms with van der Waals surface area (Å²) < 4.78 is 1.91. The molecule has 9 heteroatoms. The summed E-state index contributed by atoms with van der Waals surface area (Å²) in [5.41, 5.74) is 3.34. The summed E-state index contributed by atoms with van der Waals surface area (Å²) >= 11 is 1.31. The van der Waals surface area contributed by atoms with Crippen molar-refractivity contribution >= 4 is 39.4 Å². The maximum atomic E-state index is 13.0. The minimum Gasteiger partial charge on any atom is -0.322 e. The number of hydrazine groups is 1. The zero-order valence-corrected chi connectivity index (χ0v) is 19.5. The van der Waals surface area contributed by atoms with Crippen LogP contribution in [0.4, 0.5) is 4.79 Å². The van der Waals surface area contributed by atoms with E-state index in [2.05, 4.69) is 29.7 Å². The first-order chi connectivity index (χ1) is 15.2. The quantitative estimate of drug-likeness (QED) is 0.534. The van der Waals surface area contributed by atoms with Gasteiger partial charge in [0.05, 0.1) is 10.6 Å². The van der Waals surface area contributed by atoms with Crippen LogP contribution in [0.5, 0.6) is 0 Å². The van der Waals surface area contributed by atoms with Crippen molar-refractivity contribution in [2.75, 3.05) is 0 Å². The van der Waals surface area contributed by atoms with E-state index in [-0.39, 0.29) is 0 Å². The molecular formula is C23H27N5O3S. The third kappa shape index (κ3) is 4.12. The molecule has 1 aliphatic rings. The van der Waals surface area contributed by atoms with Crippen LogP contribution in [-0.4, -0.2) is 38.2 Å². The van der Waals surface area contributed by atoms with E-state index in [1.54, 1.807) is 13.0 Å². The van der Waals surface area contributed by atoms with Gasteiger partial charge in [-0.25, -0.2) is 4.79 Å². The minimum absolute atomic E-state index is 0.413. The van der Waals surface area contributed by atoms with Crippen molar-refractivity contribution in [1.82, 2.24) is 25.5 Å². The topological polar surface area (TPSA) is 96.3 Å². The van der Waals surface area contributed by atoms with Gasteiger partial charge < -0.3 is 5.32 Å². The van der Waals surface area contributed by atoms with Gasteiger partial charge in [0.2, 0.25) is 0 Å². The summed E-state index contributed by atoms with van der Waals surface area (Å²) in [5.74, 6) is -0.538. The van der Waals surface area contributed by atoms with Gasteiger partial charge in [-0.15, -0.1) is 11.3 Å². The second-order valence-corrected chi connectivity index (χ2v) is 9.85. The number of nitrogens with zero attached hydrogens (tertiary/aromatic N) is 3. The number of carbonyl (C=O) groups excluding carboxylic acids is 3. The smallest absolute Gasteiger partial charge is 0.322 e. The molecule has 168 valence electrons. The molecule has 3 aromatic rings. The Balaban J connectivity index is 1.48. The van der Waals surface area contributed by atoms with Crippen LogP contribution < -0.4 is 10.7 Å². The average Bonchev–Trinajstić information content (AvgIpc) is 3.37. The first-order valence-corrected chi connectivity index (χ1v) is 11.5. The maximum Gasteiger partial charge on any atom is 0.344 e. The SMILES string of the molecule is Cc1nn(CC(C)C)c2sc(C(=O)NN3C(=O)NC(C)(CCc4ccccc4)C3=O)cc12. The number of thiophene rings is 1. The first kappa shape index (κ1) is 22.0. The molecule has 2 aromatic heterocycles. The van der Waals surface area contributed by atoms with Crippen LogP contribution in [0.2, 0.25) is 0 Å². The van der Waals surface area contributed by atoms with Gasteiger partial charge in [-0.2, -0.15) is 10.1 Å². The van der Waals surface area contributed by atoms with E-state index in [1.807, 2.05) is 41.9 Å². The van der Waals surface area contributed by atoms with Crippen molar-refractivity contribution in [2.24, 2.45) is 5.92 Å². The lowest BCUT2D eigenvalue weighted by atomic mass is 9.93. The third-order valence-electron chi connectivity index (χ3n) is 5.60. The monoisotopic (exact) mass is 453 g/mol. The molecule has 3 heterocycles. The van der Waals surface area contributed by atoms with E-state index in [4.69, 9.17) is 0 Å². The maximum absolute atomic E-state index is 13.0. The highest BCUT2D eigenvalue weighted by Gasteiger charge is 2.48. The molecular weight excluding hydrogens is 426 g/mol. The van der Waals surface area contributed by atoms with Crippen LogP contribution >= 0.6 is 11.3 Å². The Kier molecular flexibility index (Phi) is 5.77. The summed E-state index contributed by atoms with van der Waals surface area (Å²) in [7, 11) is 0. The number of aromatic nitrogens is 2. The summed E-state index contributed by atoms with van der Waals surface area (Å²) in [6.45, 7) is 8.56. The molecule has 4 amide bonds. The third-order valence-corrected chi connectivity index (χ3v) is 6.75. The van der Waals surface area contributed by atoms with Gasteiger partial charge in [-0.3, -0.25) is 19.7 Å². The van der Waals surface area contributed by atoms with Crippen molar-refractivity contribution < 1.29 is 14.4 Å². The predicted molar refractivity (Wildman–Crippen MR) is 123 cm³/mol. The fourth-order valence-electron chi connectivity index (χ4n) is 3.85. The molecule has 1 unspecified atom stereocenters. The molecule has 0 saturated carbocycles. The van der Waals surface area contributed by atoms with Crippen LogP contribution in [0.1, 0.15) is 48.1 Å². The highest BCUT2D eigenvalue weighted by molar-refractivity contribution is 7.20. The Hall–Kier alpha value is -3.20. The van der Waals surface area contributed by atoms with E-state index in [9.17, 15) is 14.4 Å². The molecule has 1 saturated heterocycles. The summed E-state index contributed by atoms with van der Waals surface area (Å²) in [6, 6.07) is 10.9. The number of fused-ring (bicyclic) bond motifs is 1. The highest BCUT2D eigenvalue weighted by atomic mass is 32.1. The molecule has 2 N–H and O–H groups in total. The molecule has 0 bridgehead atoms. The van der Waals surface area contributed by atoms with Gasteiger partial charge >= 0.3 is 6.03 Å². The highest BCUT2D eigenvalue weighted by Crippen LogP contribution is 2.29. The van der Waals surface area contributed by atoms with Crippen molar-refractivity contribution in [3.8, 4) is 0 Å². The fourth-order valence-corrected chi connectivity index (χ4v) is 4.91. The van der Waals surface area contributed by atoms with Gasteiger partial charge in [-0.05, 0) is 44.2 Å². The fraction of sp³-hybridized carbons (Fsp3) is 0.391. The van der Waals surface area contributed by atoms with Gasteiger partial charge in [-0.1, -0.05) is 44.2 Å². The van der Waals surface area contributed by atoms with Crippen molar-refractivity contribution in [2.45, 2.75) is 52.6 Å². The first-order valence-electron chi connectivity index (χ1n) is 10.7. The van der Waals surface area contributed by atoms with Crippen molar-refractivity contribution in [1.29, 1.82) is 0 Å². The lowest BCUT2D eigenvalue weighted by Crippen LogP contribution is -2.48. The summed E-state index contributed by atoms with van der Waals surface area (Å²) in [6.07, 6.45) is 1.06. The number of aryl methyl sites for hydroxylation is 2. The van der Waals surface area contributed by atoms with E-state index in [0.717, 1.165) is 33.0 Å². The number of hydrogen-bond acceptors (Lipinski definition) is 5. The lowest BCUT2D eigenvalue weighted by Gasteiger charge is -2.21. The minimum atomic E-state index is -1.07. The zero-order chi connectivity index (χ0) is 23.0. The standard InChI is InChI=1S/C23H27N5O3S/c1-14(2)13-27-20-17(15(3)25-27)12-18(32-20)19(29)26-28-21(30)23(4,24-22(28)31)11-10-16-8-6-5-7-9-16/h5-9,12,14H,10-11,13H2,1-4H3,(H,24,31)(H,26,29). The van der Waals surface area contributed by atoms with E-state index in [1.165, 1.54) is 11.3 Å². The molecule has 8 nitrogen and oxygen atoms in total. The predicted octanol–water partition coefficient (Wildman–Crippen LogP) is 3.65. The van der Waals surface area contributed by atoms with Gasteiger partial charge in [0, 0.05) is 11.9 Å². The second-order valence-electron chi connectivity index (χ2n) is 8.82. The molecule has 1 atom stereocenters. The van der Waals surface area contributed by atoms with E-state index >= 15 is 0 Å². The van der Waals surface area contributed by atoms with Gasteiger partial charge in [0.1, 0.15) is 10.4 Å². The van der Waals surface area contributed by atoms with E-state index in [0.29, 0.717) is 23.6 Å². The molecule has 32 heavy (non-hydrogen) atoms. The number of amides is 4. The number of carbonyl (C=O) groups is 3. The Bertz CT molecular complexity index is 1180. The molecule has 4 rings (SSSR count). The normalized spacial score (nSPS) is 18.6. The number of nitrogens with one attached hydrogen (secondary N) is 2. The number of imide groups is 1. The number of urea groups is 1. The number of rotatable bonds is 7. The molecule has 1 fully saturated rings. The molecule has 0 aliphatic carbocycles. The summed E-state index contributed by atoms with van der Waals surface area (Å²) in [5, 5.41) is 8.98.